The number of carbonyl (C=O) groups excluding carboxylic acids is 3. The van der Waals surface area contributed by atoms with E-state index in [9.17, 15) is 14.4 Å². The molecule has 116 valence electrons. The SMILES string of the molecule is COC(=O)[C@H](CCCNC(N)=O)OC(=O)[C@@H](C)C(C)C. The van der Waals surface area contributed by atoms with E-state index in [1.54, 1.807) is 6.92 Å². The van der Waals surface area contributed by atoms with Gasteiger partial charge >= 0.3 is 18.0 Å². The molecule has 0 aromatic carbocycles. The number of methoxy groups -OCH3 is 1. The minimum absolute atomic E-state index is 0.123. The van der Waals surface area contributed by atoms with Gasteiger partial charge in [0.25, 0.3) is 0 Å². The maximum absolute atomic E-state index is 11.8. The van der Waals surface area contributed by atoms with Gasteiger partial charge in [-0.25, -0.2) is 9.59 Å². The third kappa shape index (κ3) is 6.96. The van der Waals surface area contributed by atoms with Crippen LogP contribution in [0.25, 0.3) is 0 Å². The number of carbonyl (C=O) groups is 3. The van der Waals surface area contributed by atoms with Crippen LogP contribution in [-0.4, -0.2) is 37.7 Å². The average molecular weight is 288 g/mol. The summed E-state index contributed by atoms with van der Waals surface area (Å²) in [5, 5.41) is 2.40. The zero-order valence-corrected chi connectivity index (χ0v) is 12.5. The smallest absolute Gasteiger partial charge is 0.347 e. The van der Waals surface area contributed by atoms with E-state index < -0.39 is 24.1 Å². The Balaban J connectivity index is 4.39. The molecule has 0 radical (unpaired) electrons. The highest BCUT2D eigenvalue weighted by molar-refractivity contribution is 5.80. The van der Waals surface area contributed by atoms with Crippen LogP contribution in [0.15, 0.2) is 0 Å². The highest BCUT2D eigenvalue weighted by Gasteiger charge is 2.27. The van der Waals surface area contributed by atoms with Crippen LogP contribution in [0, 0.1) is 11.8 Å². The minimum atomic E-state index is -0.955. The molecule has 0 heterocycles. The number of rotatable bonds is 8. The van der Waals surface area contributed by atoms with Crippen molar-refractivity contribution in [1.29, 1.82) is 0 Å². The predicted octanol–water partition coefficient (Wildman–Crippen LogP) is 0.812. The molecule has 0 saturated heterocycles. The quantitative estimate of drug-likeness (QED) is 0.507. The van der Waals surface area contributed by atoms with E-state index in [1.165, 1.54) is 7.11 Å². The molecular formula is C13H24N2O5. The van der Waals surface area contributed by atoms with Crippen molar-refractivity contribution in [3.63, 3.8) is 0 Å². The van der Waals surface area contributed by atoms with Crippen LogP contribution in [-0.2, 0) is 19.1 Å². The standard InChI is InChI=1S/C13H24N2O5/c1-8(2)9(3)11(16)20-10(12(17)19-4)6-5-7-15-13(14)18/h8-10H,5-7H2,1-4H3,(H3,14,15,18)/t9-,10-/m0/s1. The van der Waals surface area contributed by atoms with Gasteiger partial charge in [0, 0.05) is 6.54 Å². The second kappa shape index (κ2) is 9.17. The third-order valence-electron chi connectivity index (χ3n) is 3.04. The van der Waals surface area contributed by atoms with Crippen LogP contribution in [0.3, 0.4) is 0 Å². The van der Waals surface area contributed by atoms with E-state index in [1.807, 2.05) is 13.8 Å². The summed E-state index contributed by atoms with van der Waals surface area (Å²) >= 11 is 0. The van der Waals surface area contributed by atoms with Gasteiger partial charge in [0.1, 0.15) is 0 Å². The first kappa shape index (κ1) is 18.2. The number of nitrogens with two attached hydrogens (primary N) is 1. The van der Waals surface area contributed by atoms with E-state index >= 15 is 0 Å². The van der Waals surface area contributed by atoms with Gasteiger partial charge in [0.15, 0.2) is 6.10 Å². The van der Waals surface area contributed by atoms with Gasteiger partial charge in [-0.05, 0) is 18.8 Å². The Morgan fingerprint density at radius 2 is 1.75 bits per heavy atom. The minimum Gasteiger partial charge on any atom is -0.466 e. The molecule has 7 heteroatoms. The molecule has 0 bridgehead atoms. The van der Waals surface area contributed by atoms with Gasteiger partial charge in [0.05, 0.1) is 13.0 Å². The number of ether oxygens (including phenoxy) is 2. The number of hydrogen-bond donors (Lipinski definition) is 2. The van der Waals surface area contributed by atoms with E-state index in [2.05, 4.69) is 10.1 Å². The summed E-state index contributed by atoms with van der Waals surface area (Å²) in [4.78, 5) is 33.9. The number of hydrogen-bond acceptors (Lipinski definition) is 5. The van der Waals surface area contributed by atoms with Crippen molar-refractivity contribution in [1.82, 2.24) is 5.32 Å². The topological polar surface area (TPSA) is 108 Å². The second-order valence-electron chi connectivity index (χ2n) is 4.91. The fraction of sp³-hybridized carbons (Fsp3) is 0.769. The molecule has 3 N–H and O–H groups in total. The largest absolute Gasteiger partial charge is 0.466 e. The van der Waals surface area contributed by atoms with E-state index in [4.69, 9.17) is 10.5 Å². The summed E-state index contributed by atoms with van der Waals surface area (Å²) in [5.74, 6) is -1.21. The third-order valence-corrected chi connectivity index (χ3v) is 3.04. The predicted molar refractivity (Wildman–Crippen MR) is 72.7 cm³/mol. The van der Waals surface area contributed by atoms with Crippen molar-refractivity contribution in [3.8, 4) is 0 Å². The summed E-state index contributed by atoms with van der Waals surface area (Å²) in [7, 11) is 1.23. The van der Waals surface area contributed by atoms with Gasteiger partial charge in [0.2, 0.25) is 0 Å². The first-order valence-corrected chi connectivity index (χ1v) is 6.61. The van der Waals surface area contributed by atoms with E-state index in [0.717, 1.165) is 0 Å². The van der Waals surface area contributed by atoms with E-state index in [0.29, 0.717) is 13.0 Å². The molecule has 0 unspecified atom stereocenters. The maximum Gasteiger partial charge on any atom is 0.347 e. The number of nitrogens with one attached hydrogen (secondary N) is 1. The molecular weight excluding hydrogens is 264 g/mol. The van der Waals surface area contributed by atoms with Crippen molar-refractivity contribution in [2.75, 3.05) is 13.7 Å². The highest BCUT2D eigenvalue weighted by atomic mass is 16.6. The molecule has 0 spiro atoms. The lowest BCUT2D eigenvalue weighted by atomic mass is 9.98. The summed E-state index contributed by atoms with van der Waals surface area (Å²) in [6, 6.07) is -0.634. The summed E-state index contributed by atoms with van der Waals surface area (Å²) in [6.45, 7) is 5.85. The summed E-state index contributed by atoms with van der Waals surface area (Å²) < 4.78 is 9.78. The number of amides is 2. The fourth-order valence-corrected chi connectivity index (χ4v) is 1.38. The summed E-state index contributed by atoms with van der Waals surface area (Å²) in [5.41, 5.74) is 4.92. The molecule has 0 aromatic rings. The van der Waals surface area contributed by atoms with Gasteiger partial charge < -0.3 is 20.5 Å². The lowest BCUT2D eigenvalue weighted by Crippen LogP contribution is -2.34. The number of urea groups is 1. The second-order valence-corrected chi connectivity index (χ2v) is 4.91. The zero-order valence-electron chi connectivity index (χ0n) is 12.5. The van der Waals surface area contributed by atoms with Gasteiger partial charge in [-0.2, -0.15) is 0 Å². The average Bonchev–Trinajstić information content (AvgIpc) is 2.39. The Labute approximate surface area is 119 Å². The summed E-state index contributed by atoms with van der Waals surface area (Å²) in [6.07, 6.45) is -0.237. The van der Waals surface area contributed by atoms with Crippen molar-refractivity contribution in [2.24, 2.45) is 17.6 Å². The fourth-order valence-electron chi connectivity index (χ4n) is 1.38. The molecule has 0 aliphatic heterocycles. The van der Waals surface area contributed by atoms with Crippen molar-refractivity contribution >= 4 is 18.0 Å². The molecule has 20 heavy (non-hydrogen) atoms. The van der Waals surface area contributed by atoms with E-state index in [-0.39, 0.29) is 18.3 Å². The zero-order chi connectivity index (χ0) is 15.7. The molecule has 0 fully saturated rings. The molecule has 0 saturated carbocycles. The molecule has 0 aliphatic rings. The Bertz CT molecular complexity index is 344. The van der Waals surface area contributed by atoms with Crippen LogP contribution < -0.4 is 11.1 Å². The normalized spacial score (nSPS) is 13.4. The van der Waals surface area contributed by atoms with Crippen LogP contribution >= 0.6 is 0 Å². The lowest BCUT2D eigenvalue weighted by molar-refractivity contribution is -0.169. The molecule has 0 rings (SSSR count). The number of esters is 2. The first-order valence-electron chi connectivity index (χ1n) is 6.61. The Morgan fingerprint density at radius 3 is 2.20 bits per heavy atom. The molecule has 2 atom stereocenters. The van der Waals surface area contributed by atoms with Crippen molar-refractivity contribution in [2.45, 2.75) is 39.7 Å². The molecule has 0 aliphatic carbocycles. The highest BCUT2D eigenvalue weighted by Crippen LogP contribution is 2.14. The maximum atomic E-state index is 11.8. The monoisotopic (exact) mass is 288 g/mol. The molecule has 7 nitrogen and oxygen atoms in total. The number of primary amides is 1. The Hall–Kier alpha value is -1.79. The van der Waals surface area contributed by atoms with Gasteiger partial charge in [-0.1, -0.05) is 20.8 Å². The Kier molecular flexibility index (Phi) is 8.35. The van der Waals surface area contributed by atoms with Gasteiger partial charge in [-0.3, -0.25) is 4.79 Å². The van der Waals surface area contributed by atoms with Crippen LogP contribution in [0.4, 0.5) is 4.79 Å². The lowest BCUT2D eigenvalue weighted by Gasteiger charge is -2.20. The van der Waals surface area contributed by atoms with Crippen molar-refractivity contribution in [3.05, 3.63) is 0 Å². The Morgan fingerprint density at radius 1 is 1.15 bits per heavy atom. The van der Waals surface area contributed by atoms with Crippen LogP contribution in [0.2, 0.25) is 0 Å². The van der Waals surface area contributed by atoms with Crippen molar-refractivity contribution < 1.29 is 23.9 Å². The molecule has 0 aromatic heterocycles. The van der Waals surface area contributed by atoms with Gasteiger partial charge in [-0.15, -0.1) is 0 Å². The van der Waals surface area contributed by atoms with Crippen LogP contribution in [0.5, 0.6) is 0 Å². The first-order chi connectivity index (χ1) is 9.29. The van der Waals surface area contributed by atoms with Crippen LogP contribution in [0.1, 0.15) is 33.6 Å². The molecule has 2 amide bonds.